The number of amides is 1. The van der Waals surface area contributed by atoms with Crippen molar-refractivity contribution in [3.05, 3.63) is 48.3 Å². The number of halogens is 3. The summed E-state index contributed by atoms with van der Waals surface area (Å²) in [5.41, 5.74) is 1.47. The number of fused-ring (bicyclic) bond motifs is 1. The molecule has 2 heterocycles. The highest BCUT2D eigenvalue weighted by atomic mass is 19.4. The van der Waals surface area contributed by atoms with Gasteiger partial charge in [-0.2, -0.15) is 18.3 Å². The van der Waals surface area contributed by atoms with Gasteiger partial charge in [0.15, 0.2) is 12.3 Å². The first-order chi connectivity index (χ1) is 12.7. The van der Waals surface area contributed by atoms with Crippen LogP contribution in [0.3, 0.4) is 0 Å². The van der Waals surface area contributed by atoms with Crippen LogP contribution in [0.2, 0.25) is 0 Å². The van der Waals surface area contributed by atoms with E-state index in [-0.39, 0.29) is 17.7 Å². The van der Waals surface area contributed by atoms with Gasteiger partial charge in [0.1, 0.15) is 5.75 Å². The molecule has 3 rings (SSSR count). The molecule has 0 aliphatic rings. The second-order valence-electron chi connectivity index (χ2n) is 6.20. The number of nitrogens with one attached hydrogen (secondary N) is 1. The van der Waals surface area contributed by atoms with E-state index in [1.165, 1.54) is 30.5 Å². The number of benzene rings is 1. The summed E-state index contributed by atoms with van der Waals surface area (Å²) in [7, 11) is 0. The molecular weight excluding hydrogens is 361 g/mol. The number of anilines is 1. The lowest BCUT2D eigenvalue weighted by atomic mass is 10.2. The van der Waals surface area contributed by atoms with E-state index in [0.717, 1.165) is 5.39 Å². The lowest BCUT2D eigenvalue weighted by Gasteiger charge is -2.10. The highest BCUT2D eigenvalue weighted by molar-refractivity contribution is 6.05. The molecule has 0 radical (unpaired) electrons. The third kappa shape index (κ3) is 4.55. The average molecular weight is 378 g/mol. The molecule has 27 heavy (non-hydrogen) atoms. The van der Waals surface area contributed by atoms with Crippen LogP contribution in [0.5, 0.6) is 5.75 Å². The van der Waals surface area contributed by atoms with Crippen LogP contribution in [0.25, 0.3) is 11.0 Å². The fourth-order valence-corrected chi connectivity index (χ4v) is 2.45. The van der Waals surface area contributed by atoms with Crippen LogP contribution in [0.4, 0.5) is 18.9 Å². The molecule has 142 valence electrons. The molecule has 0 aliphatic heterocycles. The number of carbonyl (C=O) groups is 1. The zero-order valence-corrected chi connectivity index (χ0v) is 14.6. The molecule has 0 saturated heterocycles. The Labute approximate surface area is 153 Å². The lowest BCUT2D eigenvalue weighted by molar-refractivity contribution is -0.153. The number of pyridine rings is 1. The van der Waals surface area contributed by atoms with E-state index in [0.29, 0.717) is 16.9 Å². The van der Waals surface area contributed by atoms with Crippen molar-refractivity contribution < 1.29 is 22.7 Å². The minimum Gasteiger partial charge on any atom is -0.484 e. The summed E-state index contributed by atoms with van der Waals surface area (Å²) in [4.78, 5) is 16.7. The fourth-order valence-electron chi connectivity index (χ4n) is 2.45. The zero-order chi connectivity index (χ0) is 19.6. The number of alkyl halides is 3. The summed E-state index contributed by atoms with van der Waals surface area (Å²) >= 11 is 0. The molecule has 0 bridgehead atoms. The summed E-state index contributed by atoms with van der Waals surface area (Å²) in [6.07, 6.45) is -1.30. The van der Waals surface area contributed by atoms with Gasteiger partial charge < -0.3 is 10.1 Å². The molecule has 0 atom stereocenters. The monoisotopic (exact) mass is 378 g/mol. The topological polar surface area (TPSA) is 69.0 Å². The predicted molar refractivity (Wildman–Crippen MR) is 93.9 cm³/mol. The van der Waals surface area contributed by atoms with Crippen LogP contribution in [-0.4, -0.2) is 33.5 Å². The van der Waals surface area contributed by atoms with Gasteiger partial charge in [-0.3, -0.25) is 4.79 Å². The smallest absolute Gasteiger partial charge is 0.422 e. The molecule has 0 spiro atoms. The maximum absolute atomic E-state index is 12.4. The molecule has 0 unspecified atom stereocenters. The van der Waals surface area contributed by atoms with E-state index in [4.69, 9.17) is 0 Å². The Kier molecular flexibility index (Phi) is 5.02. The van der Waals surface area contributed by atoms with Gasteiger partial charge in [0, 0.05) is 23.3 Å². The van der Waals surface area contributed by atoms with Crippen LogP contribution in [0.1, 0.15) is 30.2 Å². The first-order valence-corrected chi connectivity index (χ1v) is 8.17. The average Bonchev–Trinajstić information content (AvgIpc) is 3.04. The van der Waals surface area contributed by atoms with Crippen molar-refractivity contribution in [1.29, 1.82) is 0 Å². The van der Waals surface area contributed by atoms with Gasteiger partial charge in [-0.1, -0.05) is 0 Å². The first kappa shape index (κ1) is 18.7. The summed E-state index contributed by atoms with van der Waals surface area (Å²) in [5, 5.41) is 7.66. The Balaban J connectivity index is 1.69. The van der Waals surface area contributed by atoms with Gasteiger partial charge in [0.25, 0.3) is 5.91 Å². The first-order valence-electron chi connectivity index (χ1n) is 8.17. The highest BCUT2D eigenvalue weighted by Gasteiger charge is 2.28. The number of aromatic nitrogens is 3. The maximum Gasteiger partial charge on any atom is 0.422 e. The van der Waals surface area contributed by atoms with Gasteiger partial charge in [0.05, 0.1) is 11.8 Å². The Bertz CT molecular complexity index is 949. The molecule has 0 fully saturated rings. The molecule has 6 nitrogen and oxygen atoms in total. The molecule has 9 heteroatoms. The molecular formula is C18H17F3N4O2. The van der Waals surface area contributed by atoms with Gasteiger partial charge in [-0.05, 0) is 44.2 Å². The van der Waals surface area contributed by atoms with E-state index < -0.39 is 12.8 Å². The van der Waals surface area contributed by atoms with Gasteiger partial charge in [-0.25, -0.2) is 9.67 Å². The van der Waals surface area contributed by atoms with Crippen molar-refractivity contribution in [2.75, 3.05) is 11.9 Å². The van der Waals surface area contributed by atoms with Crippen LogP contribution in [0, 0.1) is 0 Å². The fraction of sp³-hybridized carbons (Fsp3) is 0.278. The van der Waals surface area contributed by atoms with Crippen LogP contribution < -0.4 is 10.1 Å². The summed E-state index contributed by atoms with van der Waals surface area (Å²) < 4.78 is 42.8. The Morgan fingerprint density at radius 3 is 2.56 bits per heavy atom. The van der Waals surface area contributed by atoms with Crippen LogP contribution in [0.15, 0.2) is 42.7 Å². The number of hydrogen-bond donors (Lipinski definition) is 1. The van der Waals surface area contributed by atoms with E-state index >= 15 is 0 Å². The predicted octanol–water partition coefficient (Wildman–Crippen LogP) is 4.21. The third-order valence-electron chi connectivity index (χ3n) is 3.70. The third-order valence-corrected chi connectivity index (χ3v) is 3.70. The quantitative estimate of drug-likeness (QED) is 0.722. The molecule has 1 aromatic carbocycles. The van der Waals surface area contributed by atoms with E-state index in [1.54, 1.807) is 16.9 Å². The zero-order valence-electron chi connectivity index (χ0n) is 14.6. The summed E-state index contributed by atoms with van der Waals surface area (Å²) in [6.45, 7) is 2.60. The van der Waals surface area contributed by atoms with Gasteiger partial charge in [-0.15, -0.1) is 0 Å². The van der Waals surface area contributed by atoms with Crippen molar-refractivity contribution in [3.63, 3.8) is 0 Å². The largest absolute Gasteiger partial charge is 0.484 e. The molecule has 2 aromatic heterocycles. The van der Waals surface area contributed by atoms with Crippen molar-refractivity contribution in [2.45, 2.75) is 26.1 Å². The number of hydrogen-bond acceptors (Lipinski definition) is 4. The minimum atomic E-state index is -4.40. The Morgan fingerprint density at radius 1 is 1.22 bits per heavy atom. The number of carbonyl (C=O) groups excluding carboxylic acids is 1. The van der Waals surface area contributed by atoms with Crippen molar-refractivity contribution in [3.8, 4) is 5.75 Å². The molecule has 1 amide bonds. The summed E-state index contributed by atoms with van der Waals surface area (Å²) in [6, 6.07) is 7.47. The van der Waals surface area contributed by atoms with Crippen molar-refractivity contribution in [2.24, 2.45) is 0 Å². The second-order valence-corrected chi connectivity index (χ2v) is 6.20. The number of rotatable bonds is 5. The van der Waals surface area contributed by atoms with Crippen LogP contribution in [-0.2, 0) is 0 Å². The lowest BCUT2D eigenvalue weighted by Crippen LogP contribution is -2.19. The van der Waals surface area contributed by atoms with Gasteiger partial charge in [0.2, 0.25) is 0 Å². The van der Waals surface area contributed by atoms with E-state index in [2.05, 4.69) is 20.1 Å². The SMILES string of the molecule is CC(C)n1ncc2cc(C(=O)Nc3ccc(OCC(F)(F)F)cc3)cnc21. The van der Waals surface area contributed by atoms with Crippen molar-refractivity contribution in [1.82, 2.24) is 14.8 Å². The summed E-state index contributed by atoms with van der Waals surface area (Å²) in [5.74, 6) is -0.319. The maximum atomic E-state index is 12.4. The van der Waals surface area contributed by atoms with Gasteiger partial charge >= 0.3 is 6.18 Å². The molecule has 1 N–H and O–H groups in total. The number of nitrogens with zero attached hydrogens (tertiary/aromatic N) is 3. The minimum absolute atomic E-state index is 0.0644. The number of ether oxygens (including phenoxy) is 1. The Hall–Kier alpha value is -3.10. The second kappa shape index (κ2) is 7.26. The molecule has 0 aliphatic carbocycles. The van der Waals surface area contributed by atoms with E-state index in [1.807, 2.05) is 13.8 Å². The van der Waals surface area contributed by atoms with E-state index in [9.17, 15) is 18.0 Å². The highest BCUT2D eigenvalue weighted by Crippen LogP contribution is 2.21. The standard InChI is InChI=1S/C18H17F3N4O2/c1-11(2)25-16-12(9-23-25)7-13(8-22-16)17(26)24-14-3-5-15(6-4-14)27-10-18(19,20)21/h3-9,11H,10H2,1-2H3,(H,24,26). The Morgan fingerprint density at radius 2 is 1.93 bits per heavy atom. The van der Waals surface area contributed by atoms with Crippen molar-refractivity contribution >= 4 is 22.6 Å². The normalized spacial score (nSPS) is 11.8. The van der Waals surface area contributed by atoms with Crippen LogP contribution >= 0.6 is 0 Å². The molecule has 0 saturated carbocycles. The molecule has 3 aromatic rings.